The SMILES string of the molecule is N#Cc1ccc(N2CCC(O)(c3ccc(Br)cn3)C2)cc1Cl. The molecule has 3 rings (SSSR count). The van der Waals surface area contributed by atoms with Crippen LogP contribution in [0, 0.1) is 11.3 Å². The molecule has 2 heterocycles. The third kappa shape index (κ3) is 2.82. The van der Waals surface area contributed by atoms with Gasteiger partial charge >= 0.3 is 0 Å². The fourth-order valence-corrected chi connectivity index (χ4v) is 3.12. The van der Waals surface area contributed by atoms with Crippen LogP contribution in [0.4, 0.5) is 5.69 Å². The van der Waals surface area contributed by atoms with Gasteiger partial charge in [0.2, 0.25) is 0 Å². The maximum atomic E-state index is 10.9. The van der Waals surface area contributed by atoms with Crippen molar-refractivity contribution in [3.63, 3.8) is 0 Å². The standard InChI is InChI=1S/C16H13BrClN3O/c17-12-2-4-15(20-9-12)16(22)5-6-21(10-16)13-3-1-11(8-19)14(18)7-13/h1-4,7,9,22H,5-6,10H2. The average molecular weight is 379 g/mol. The van der Waals surface area contributed by atoms with E-state index in [0.717, 1.165) is 10.2 Å². The van der Waals surface area contributed by atoms with Crippen LogP contribution in [-0.2, 0) is 5.60 Å². The molecule has 22 heavy (non-hydrogen) atoms. The summed E-state index contributed by atoms with van der Waals surface area (Å²) in [4.78, 5) is 6.36. The van der Waals surface area contributed by atoms with Crippen molar-refractivity contribution >= 4 is 33.2 Å². The Kier molecular flexibility index (Phi) is 4.09. The van der Waals surface area contributed by atoms with Gasteiger partial charge in [0, 0.05) is 29.3 Å². The van der Waals surface area contributed by atoms with E-state index >= 15 is 0 Å². The van der Waals surface area contributed by atoms with Crippen LogP contribution in [0.5, 0.6) is 0 Å². The van der Waals surface area contributed by atoms with E-state index in [-0.39, 0.29) is 0 Å². The summed E-state index contributed by atoms with van der Waals surface area (Å²) in [5, 5.41) is 20.2. The highest BCUT2D eigenvalue weighted by Gasteiger charge is 2.39. The predicted octanol–water partition coefficient (Wildman–Crippen LogP) is 3.47. The van der Waals surface area contributed by atoms with Crippen molar-refractivity contribution in [3.05, 3.63) is 57.3 Å². The Hall–Kier alpha value is -1.61. The summed E-state index contributed by atoms with van der Waals surface area (Å²) in [6.45, 7) is 1.15. The van der Waals surface area contributed by atoms with Gasteiger partial charge in [0.15, 0.2) is 0 Å². The predicted molar refractivity (Wildman–Crippen MR) is 88.8 cm³/mol. The second-order valence-electron chi connectivity index (χ2n) is 5.34. The Morgan fingerprint density at radius 3 is 2.82 bits per heavy atom. The van der Waals surface area contributed by atoms with Crippen LogP contribution in [0.3, 0.4) is 0 Å². The van der Waals surface area contributed by atoms with Crippen LogP contribution in [-0.4, -0.2) is 23.2 Å². The second-order valence-corrected chi connectivity index (χ2v) is 6.66. The Morgan fingerprint density at radius 2 is 2.18 bits per heavy atom. The first-order chi connectivity index (χ1) is 10.5. The number of β-amino-alcohol motifs (C(OH)–C–C–N with tert-alkyl or cyclic N) is 1. The summed E-state index contributed by atoms with van der Waals surface area (Å²) in [7, 11) is 0. The molecule has 0 radical (unpaired) electrons. The largest absolute Gasteiger partial charge is 0.382 e. The Balaban J connectivity index is 1.84. The van der Waals surface area contributed by atoms with Crippen molar-refractivity contribution < 1.29 is 5.11 Å². The summed E-state index contributed by atoms with van der Waals surface area (Å²) >= 11 is 9.43. The van der Waals surface area contributed by atoms with E-state index < -0.39 is 5.60 Å². The number of nitrogens with zero attached hydrogens (tertiary/aromatic N) is 3. The summed E-state index contributed by atoms with van der Waals surface area (Å²) in [5.41, 5.74) is 1.05. The minimum absolute atomic E-state index is 0.428. The zero-order valence-electron chi connectivity index (χ0n) is 11.6. The van der Waals surface area contributed by atoms with Crippen molar-refractivity contribution in [3.8, 4) is 6.07 Å². The molecule has 0 bridgehead atoms. The first-order valence-corrected chi connectivity index (χ1v) is 7.98. The molecule has 0 saturated carbocycles. The highest BCUT2D eigenvalue weighted by Crippen LogP contribution is 2.35. The number of anilines is 1. The molecule has 1 N–H and O–H groups in total. The van der Waals surface area contributed by atoms with E-state index in [9.17, 15) is 5.11 Å². The fourth-order valence-electron chi connectivity index (χ4n) is 2.67. The van der Waals surface area contributed by atoms with Crippen LogP contribution < -0.4 is 4.90 Å². The molecule has 1 fully saturated rings. The zero-order chi connectivity index (χ0) is 15.7. The number of halogens is 2. The van der Waals surface area contributed by atoms with Crippen LogP contribution in [0.15, 0.2) is 41.0 Å². The van der Waals surface area contributed by atoms with Crippen molar-refractivity contribution in [2.24, 2.45) is 0 Å². The number of nitriles is 1. The summed E-state index contributed by atoms with van der Waals surface area (Å²) in [6.07, 6.45) is 2.29. The van der Waals surface area contributed by atoms with Crippen molar-refractivity contribution in [2.75, 3.05) is 18.0 Å². The third-order valence-corrected chi connectivity index (χ3v) is 4.67. The third-order valence-electron chi connectivity index (χ3n) is 3.89. The van der Waals surface area contributed by atoms with Crippen molar-refractivity contribution in [1.82, 2.24) is 4.98 Å². The van der Waals surface area contributed by atoms with Gasteiger partial charge in [-0.15, -0.1) is 0 Å². The molecular formula is C16H13BrClN3O. The number of hydrogen-bond acceptors (Lipinski definition) is 4. The number of benzene rings is 1. The van der Waals surface area contributed by atoms with Crippen LogP contribution in [0.1, 0.15) is 17.7 Å². The summed E-state index contributed by atoms with van der Waals surface area (Å²) in [5.74, 6) is 0. The molecule has 2 aromatic rings. The van der Waals surface area contributed by atoms with Crippen LogP contribution >= 0.6 is 27.5 Å². The molecule has 1 aromatic heterocycles. The van der Waals surface area contributed by atoms with E-state index in [1.54, 1.807) is 18.3 Å². The Labute approximate surface area is 142 Å². The molecule has 1 unspecified atom stereocenters. The minimum atomic E-state index is -0.971. The van der Waals surface area contributed by atoms with Gasteiger partial charge in [-0.2, -0.15) is 5.26 Å². The maximum absolute atomic E-state index is 10.9. The molecule has 112 valence electrons. The topological polar surface area (TPSA) is 60.2 Å². The van der Waals surface area contributed by atoms with Gasteiger partial charge in [-0.25, -0.2) is 0 Å². The normalized spacial score (nSPS) is 20.9. The van der Waals surface area contributed by atoms with Gasteiger partial charge in [0.25, 0.3) is 0 Å². The van der Waals surface area contributed by atoms with Gasteiger partial charge in [-0.1, -0.05) is 11.6 Å². The van der Waals surface area contributed by atoms with Gasteiger partial charge < -0.3 is 10.0 Å². The number of aromatic nitrogens is 1. The molecule has 1 aliphatic heterocycles. The highest BCUT2D eigenvalue weighted by atomic mass is 79.9. The number of rotatable bonds is 2. The first-order valence-electron chi connectivity index (χ1n) is 6.81. The van der Waals surface area contributed by atoms with E-state index in [4.69, 9.17) is 16.9 Å². The van der Waals surface area contributed by atoms with Crippen molar-refractivity contribution in [2.45, 2.75) is 12.0 Å². The molecule has 4 nitrogen and oxygen atoms in total. The zero-order valence-corrected chi connectivity index (χ0v) is 14.0. The van der Waals surface area contributed by atoms with E-state index in [1.807, 2.05) is 24.3 Å². The second kappa shape index (κ2) is 5.88. The lowest BCUT2D eigenvalue weighted by Gasteiger charge is -2.24. The van der Waals surface area contributed by atoms with E-state index in [1.165, 1.54) is 0 Å². The number of hydrogen-bond donors (Lipinski definition) is 1. The van der Waals surface area contributed by atoms with E-state index in [0.29, 0.717) is 35.8 Å². The van der Waals surface area contributed by atoms with Crippen LogP contribution in [0.25, 0.3) is 0 Å². The highest BCUT2D eigenvalue weighted by molar-refractivity contribution is 9.10. The molecular weight excluding hydrogens is 366 g/mol. The van der Waals surface area contributed by atoms with Gasteiger partial charge in [-0.05, 0) is 46.3 Å². The first kappa shape index (κ1) is 15.3. The van der Waals surface area contributed by atoms with Gasteiger partial charge in [-0.3, -0.25) is 4.98 Å². The van der Waals surface area contributed by atoms with Crippen molar-refractivity contribution in [1.29, 1.82) is 5.26 Å². The van der Waals surface area contributed by atoms with Gasteiger partial charge in [0.1, 0.15) is 11.7 Å². The maximum Gasteiger partial charge on any atom is 0.125 e. The number of aliphatic hydroxyl groups is 1. The monoisotopic (exact) mass is 377 g/mol. The lowest BCUT2D eigenvalue weighted by atomic mass is 9.98. The minimum Gasteiger partial charge on any atom is -0.382 e. The molecule has 6 heteroatoms. The average Bonchev–Trinajstić information content (AvgIpc) is 2.91. The molecule has 1 aromatic carbocycles. The summed E-state index contributed by atoms with van der Waals surface area (Å²) < 4.78 is 0.883. The van der Waals surface area contributed by atoms with E-state index in [2.05, 4.69) is 25.8 Å². The molecule has 1 aliphatic rings. The molecule has 0 aliphatic carbocycles. The molecule has 0 spiro atoms. The lowest BCUT2D eigenvalue weighted by Crippen LogP contribution is -2.31. The van der Waals surface area contributed by atoms with Gasteiger partial charge in [0.05, 0.1) is 22.8 Å². The molecule has 1 saturated heterocycles. The quantitative estimate of drug-likeness (QED) is 0.869. The number of pyridine rings is 1. The summed E-state index contributed by atoms with van der Waals surface area (Å²) in [6, 6.07) is 11.1. The smallest absolute Gasteiger partial charge is 0.125 e. The Morgan fingerprint density at radius 1 is 1.36 bits per heavy atom. The van der Waals surface area contributed by atoms with Crippen LogP contribution in [0.2, 0.25) is 5.02 Å². The molecule has 1 atom stereocenters. The molecule has 0 amide bonds. The Bertz CT molecular complexity index is 744. The fraction of sp³-hybridized carbons (Fsp3) is 0.250. The lowest BCUT2D eigenvalue weighted by molar-refractivity contribution is 0.0560.